The van der Waals surface area contributed by atoms with E-state index in [1.165, 1.54) is 16.7 Å². The van der Waals surface area contributed by atoms with Gasteiger partial charge in [-0.3, -0.25) is 4.99 Å². The van der Waals surface area contributed by atoms with Gasteiger partial charge >= 0.3 is 0 Å². The summed E-state index contributed by atoms with van der Waals surface area (Å²) in [5, 5.41) is 3.42. The lowest BCUT2D eigenvalue weighted by atomic mass is 9.84. The predicted octanol–water partition coefficient (Wildman–Crippen LogP) is 7.48. The van der Waals surface area contributed by atoms with Gasteiger partial charge in [-0.05, 0) is 85.5 Å². The van der Waals surface area contributed by atoms with Crippen molar-refractivity contribution in [3.63, 3.8) is 0 Å². The molecule has 3 aromatic carbocycles. The van der Waals surface area contributed by atoms with Gasteiger partial charge in [0.05, 0.1) is 5.69 Å². The number of nitrogens with two attached hydrogens (primary N) is 1. The monoisotopic (exact) mass is 454 g/mol. The fourth-order valence-electron chi connectivity index (χ4n) is 4.13. The molecule has 0 spiro atoms. The van der Waals surface area contributed by atoms with Crippen molar-refractivity contribution in [1.82, 2.24) is 0 Å². The summed E-state index contributed by atoms with van der Waals surface area (Å²) in [4.78, 5) is 9.71. The van der Waals surface area contributed by atoms with Crippen LogP contribution in [0.15, 0.2) is 70.6 Å². The Kier molecular flexibility index (Phi) is 7.61. The summed E-state index contributed by atoms with van der Waals surface area (Å²) in [5.41, 5.74) is 15.5. The number of anilines is 1. The van der Waals surface area contributed by atoms with Crippen molar-refractivity contribution >= 4 is 23.0 Å². The van der Waals surface area contributed by atoms with Gasteiger partial charge in [-0.1, -0.05) is 69.3 Å². The van der Waals surface area contributed by atoms with E-state index in [0.717, 1.165) is 28.1 Å². The number of hydrogen-bond acceptors (Lipinski definition) is 2. The number of nitrogens with one attached hydrogen (secondary N) is 1. The van der Waals surface area contributed by atoms with Crippen molar-refractivity contribution < 1.29 is 0 Å². The van der Waals surface area contributed by atoms with Gasteiger partial charge in [0.2, 0.25) is 0 Å². The van der Waals surface area contributed by atoms with Gasteiger partial charge in [0, 0.05) is 11.7 Å². The lowest BCUT2D eigenvalue weighted by Crippen LogP contribution is -2.32. The molecule has 0 radical (unpaired) electrons. The maximum Gasteiger partial charge on any atom is 0.169 e. The molecule has 0 atom stereocenters. The number of aryl methyl sites for hydroxylation is 3. The molecular formula is C30H38N4. The van der Waals surface area contributed by atoms with Crippen LogP contribution < -0.4 is 11.1 Å². The summed E-state index contributed by atoms with van der Waals surface area (Å²) in [5.74, 6) is 0.961. The van der Waals surface area contributed by atoms with Crippen LogP contribution in [0.4, 0.5) is 11.4 Å². The van der Waals surface area contributed by atoms with E-state index in [1.807, 2.05) is 32.0 Å². The van der Waals surface area contributed by atoms with E-state index < -0.39 is 0 Å². The minimum absolute atomic E-state index is 0.0725. The lowest BCUT2D eigenvalue weighted by molar-refractivity contribution is 0.591. The first-order chi connectivity index (χ1) is 16.0. The number of nitrogens with zero attached hydrogens (tertiary/aromatic N) is 2. The predicted molar refractivity (Wildman–Crippen MR) is 149 cm³/mol. The minimum Gasteiger partial charge on any atom is -0.381 e. The molecule has 0 bridgehead atoms. The van der Waals surface area contributed by atoms with Gasteiger partial charge in [-0.15, -0.1) is 0 Å². The first-order valence-corrected chi connectivity index (χ1v) is 11.9. The second-order valence-electron chi connectivity index (χ2n) is 10.3. The Balaban J connectivity index is 2.15. The molecule has 0 aliphatic heterocycles. The van der Waals surface area contributed by atoms with Crippen molar-refractivity contribution in [1.29, 1.82) is 0 Å². The van der Waals surface area contributed by atoms with Crippen LogP contribution in [0, 0.1) is 20.8 Å². The summed E-state index contributed by atoms with van der Waals surface area (Å²) in [6.45, 7) is 17.0. The molecule has 0 aliphatic carbocycles. The average Bonchev–Trinajstić information content (AvgIpc) is 2.73. The van der Waals surface area contributed by atoms with E-state index >= 15 is 0 Å². The third-order valence-corrected chi connectivity index (χ3v) is 5.84. The molecule has 0 heterocycles. The molecule has 0 saturated heterocycles. The van der Waals surface area contributed by atoms with Crippen molar-refractivity contribution in [2.75, 3.05) is 5.32 Å². The summed E-state index contributed by atoms with van der Waals surface area (Å²) in [6.07, 6.45) is 0. The third-order valence-electron chi connectivity index (χ3n) is 5.84. The van der Waals surface area contributed by atoms with Gasteiger partial charge < -0.3 is 11.1 Å². The molecule has 0 saturated carbocycles. The number of benzene rings is 3. The zero-order chi connectivity index (χ0) is 25.0. The molecule has 3 aromatic rings. The minimum atomic E-state index is -0.0861. The van der Waals surface area contributed by atoms with Crippen LogP contribution in [-0.2, 0) is 5.41 Å². The van der Waals surface area contributed by atoms with Crippen LogP contribution in [0.25, 0.3) is 11.1 Å². The Morgan fingerprint density at radius 2 is 1.47 bits per heavy atom. The summed E-state index contributed by atoms with van der Waals surface area (Å²) >= 11 is 0. The maximum atomic E-state index is 6.61. The fraction of sp³-hybridized carbons (Fsp3) is 0.333. The highest BCUT2D eigenvalue weighted by Crippen LogP contribution is 2.37. The number of amidine groups is 2. The first kappa shape index (κ1) is 25.2. The summed E-state index contributed by atoms with van der Waals surface area (Å²) < 4.78 is 0. The molecular weight excluding hydrogens is 416 g/mol. The molecule has 0 amide bonds. The molecule has 0 aliphatic rings. The highest BCUT2D eigenvalue weighted by Gasteiger charge is 2.20. The van der Waals surface area contributed by atoms with Gasteiger partial charge in [0.15, 0.2) is 11.7 Å². The van der Waals surface area contributed by atoms with Crippen LogP contribution in [0.2, 0.25) is 0 Å². The highest BCUT2D eigenvalue weighted by atomic mass is 15.1. The number of hydrogen-bond donors (Lipinski definition) is 2. The van der Waals surface area contributed by atoms with Gasteiger partial charge in [-0.2, -0.15) is 0 Å². The van der Waals surface area contributed by atoms with E-state index in [2.05, 4.69) is 89.3 Å². The normalized spacial score (nSPS) is 12.9. The average molecular weight is 455 g/mol. The van der Waals surface area contributed by atoms with E-state index in [9.17, 15) is 0 Å². The van der Waals surface area contributed by atoms with Crippen LogP contribution in [0.5, 0.6) is 0 Å². The van der Waals surface area contributed by atoms with Crippen molar-refractivity contribution in [3.05, 3.63) is 82.9 Å². The van der Waals surface area contributed by atoms with E-state index in [-0.39, 0.29) is 11.5 Å². The number of rotatable bonds is 4. The second kappa shape index (κ2) is 10.3. The quantitative estimate of drug-likeness (QED) is 0.317. The first-order valence-electron chi connectivity index (χ1n) is 11.9. The molecule has 3 rings (SSSR count). The molecule has 4 heteroatoms. The van der Waals surface area contributed by atoms with Crippen LogP contribution in [-0.4, -0.2) is 17.7 Å². The van der Waals surface area contributed by atoms with E-state index in [4.69, 9.17) is 15.7 Å². The lowest BCUT2D eigenvalue weighted by Gasteiger charge is -2.23. The van der Waals surface area contributed by atoms with Gasteiger partial charge in [0.25, 0.3) is 0 Å². The summed E-state index contributed by atoms with van der Waals surface area (Å²) in [6, 6.07) is 21.1. The highest BCUT2D eigenvalue weighted by molar-refractivity contribution is 6.44. The molecule has 4 nitrogen and oxygen atoms in total. The third kappa shape index (κ3) is 5.93. The van der Waals surface area contributed by atoms with E-state index in [0.29, 0.717) is 11.7 Å². The van der Waals surface area contributed by atoms with Crippen LogP contribution in [0.3, 0.4) is 0 Å². The Bertz CT molecular complexity index is 1210. The molecule has 34 heavy (non-hydrogen) atoms. The van der Waals surface area contributed by atoms with Crippen molar-refractivity contribution in [2.45, 2.75) is 66.8 Å². The maximum absolute atomic E-state index is 6.61. The Labute approximate surface area is 205 Å². The molecule has 0 aromatic heterocycles. The Morgan fingerprint density at radius 3 is 2.06 bits per heavy atom. The zero-order valence-electron chi connectivity index (χ0n) is 21.8. The van der Waals surface area contributed by atoms with Crippen molar-refractivity contribution in [3.8, 4) is 11.1 Å². The Morgan fingerprint density at radius 1 is 0.853 bits per heavy atom. The standard InChI is InChI=1S/C30H38N4/c1-19(2)32-29(34-25-15-10-9-12-20(25)3)28(31)33-26-18-23(16-17-24(26)30(6,7)8)27-21(4)13-11-14-22(27)5/h9-19H,1-8H3,(H2,31,33)(H,32,34). The van der Waals surface area contributed by atoms with Gasteiger partial charge in [0.1, 0.15) is 0 Å². The summed E-state index contributed by atoms with van der Waals surface area (Å²) in [7, 11) is 0. The molecule has 3 N–H and O–H groups in total. The number of aliphatic imine (C=N–C) groups is 2. The topological polar surface area (TPSA) is 62.8 Å². The molecule has 0 fully saturated rings. The molecule has 0 unspecified atom stereocenters. The van der Waals surface area contributed by atoms with Crippen LogP contribution >= 0.6 is 0 Å². The fourth-order valence-corrected chi connectivity index (χ4v) is 4.13. The van der Waals surface area contributed by atoms with Crippen LogP contribution in [0.1, 0.15) is 56.9 Å². The van der Waals surface area contributed by atoms with E-state index in [1.54, 1.807) is 0 Å². The van der Waals surface area contributed by atoms with Crippen molar-refractivity contribution in [2.24, 2.45) is 15.7 Å². The smallest absolute Gasteiger partial charge is 0.169 e. The zero-order valence-corrected chi connectivity index (χ0v) is 21.8. The number of para-hydroxylation sites is 1. The Hall–Kier alpha value is -3.40. The largest absolute Gasteiger partial charge is 0.381 e. The van der Waals surface area contributed by atoms with Gasteiger partial charge in [-0.25, -0.2) is 4.99 Å². The SMILES string of the molecule is Cc1ccccc1NC(=NC(C)C)C(N)=Nc1cc(-c2c(C)cccc2C)ccc1C(C)(C)C. The molecule has 178 valence electrons. The second-order valence-corrected chi connectivity index (χ2v) is 10.3.